The van der Waals surface area contributed by atoms with E-state index in [2.05, 4.69) is 43.2 Å². The number of carbonyl (C=O) groups excluding carboxylic acids is 2. The van der Waals surface area contributed by atoms with Crippen LogP contribution in [-0.4, -0.2) is 18.4 Å². The molecule has 0 radical (unpaired) electrons. The van der Waals surface area contributed by atoms with Gasteiger partial charge < -0.3 is 4.74 Å². The van der Waals surface area contributed by atoms with Crippen molar-refractivity contribution < 1.29 is 14.3 Å². The molecule has 0 saturated carbocycles. The maximum Gasteiger partial charge on any atom is 0.334 e. The molecule has 20 heavy (non-hydrogen) atoms. The van der Waals surface area contributed by atoms with E-state index in [0.717, 1.165) is 12.0 Å². The van der Waals surface area contributed by atoms with E-state index in [1.165, 1.54) is 5.41 Å². The number of hydrogen-bond donors (Lipinski definition) is 2. The SMILES string of the molecule is C=C.CCCC(=O)/C(C)=C/S.CCOC(=O)/C(C)=C/S. The number of esters is 1. The molecule has 0 aliphatic heterocycles. The number of thiol groups is 2. The molecule has 0 rings (SSSR count). The molecule has 0 atom stereocenters. The van der Waals surface area contributed by atoms with Gasteiger partial charge in [-0.15, -0.1) is 13.2 Å². The summed E-state index contributed by atoms with van der Waals surface area (Å²) < 4.78 is 4.64. The third-order valence-electron chi connectivity index (χ3n) is 1.90. The predicted molar refractivity (Wildman–Crippen MR) is 93.3 cm³/mol. The quantitative estimate of drug-likeness (QED) is 0.342. The fourth-order valence-electron chi connectivity index (χ4n) is 0.794. The van der Waals surface area contributed by atoms with Crippen molar-refractivity contribution in [2.75, 3.05) is 6.61 Å². The van der Waals surface area contributed by atoms with E-state index < -0.39 is 0 Å². The van der Waals surface area contributed by atoms with Crippen molar-refractivity contribution in [1.29, 1.82) is 0 Å². The lowest BCUT2D eigenvalue weighted by Crippen LogP contribution is -2.04. The molecular weight excluding hydrogens is 292 g/mol. The molecule has 0 spiro atoms. The number of Topliss-reactive ketones (excluding diaryl/α,β-unsaturated/α-hetero) is 1. The van der Waals surface area contributed by atoms with Crippen LogP contribution in [0.4, 0.5) is 0 Å². The van der Waals surface area contributed by atoms with E-state index in [0.29, 0.717) is 18.6 Å². The molecule has 0 aromatic heterocycles. The van der Waals surface area contributed by atoms with Gasteiger partial charge in [-0.3, -0.25) is 4.79 Å². The van der Waals surface area contributed by atoms with E-state index >= 15 is 0 Å². The fourth-order valence-corrected chi connectivity index (χ4v) is 1.04. The second-order valence-corrected chi connectivity index (χ2v) is 4.03. The number of ketones is 1. The predicted octanol–water partition coefficient (Wildman–Crippen LogP) is 4.37. The molecule has 0 fully saturated rings. The molecule has 5 heteroatoms. The second-order valence-electron chi connectivity index (χ2n) is 3.52. The lowest BCUT2D eigenvalue weighted by atomic mass is 10.1. The van der Waals surface area contributed by atoms with Crippen molar-refractivity contribution in [3.05, 3.63) is 35.1 Å². The first-order valence-electron chi connectivity index (χ1n) is 6.26. The molecule has 0 bridgehead atoms. The molecule has 0 aliphatic rings. The Morgan fingerprint density at radius 1 is 1.05 bits per heavy atom. The summed E-state index contributed by atoms with van der Waals surface area (Å²) in [4.78, 5) is 21.5. The maximum absolute atomic E-state index is 10.9. The van der Waals surface area contributed by atoms with Gasteiger partial charge in [0.05, 0.1) is 6.61 Å². The molecule has 0 saturated heterocycles. The Kier molecular flexibility index (Phi) is 21.8. The fraction of sp³-hybridized carbons (Fsp3) is 0.467. The Balaban J connectivity index is -0.000000257. The van der Waals surface area contributed by atoms with Crippen LogP contribution in [0.3, 0.4) is 0 Å². The zero-order valence-corrected chi connectivity index (χ0v) is 14.6. The second kappa shape index (κ2) is 18.1. The smallest absolute Gasteiger partial charge is 0.334 e. The zero-order chi connectivity index (χ0) is 16.6. The summed E-state index contributed by atoms with van der Waals surface area (Å²) in [6.07, 6.45) is 1.56. The lowest BCUT2D eigenvalue weighted by Gasteiger charge is -1.98. The Hall–Kier alpha value is -0.940. The summed E-state index contributed by atoms with van der Waals surface area (Å²) in [7, 11) is 0. The van der Waals surface area contributed by atoms with Crippen molar-refractivity contribution >= 4 is 37.0 Å². The van der Waals surface area contributed by atoms with Gasteiger partial charge in [0.2, 0.25) is 0 Å². The molecule has 0 aromatic rings. The third kappa shape index (κ3) is 15.1. The summed E-state index contributed by atoms with van der Waals surface area (Å²) in [6.45, 7) is 13.6. The van der Waals surface area contributed by atoms with Crippen LogP contribution in [0.25, 0.3) is 0 Å². The zero-order valence-electron chi connectivity index (χ0n) is 12.8. The van der Waals surface area contributed by atoms with Gasteiger partial charge in [0.25, 0.3) is 0 Å². The van der Waals surface area contributed by atoms with Crippen LogP contribution in [0.2, 0.25) is 0 Å². The van der Waals surface area contributed by atoms with E-state index in [1.807, 2.05) is 6.92 Å². The van der Waals surface area contributed by atoms with Gasteiger partial charge in [-0.1, -0.05) is 6.92 Å². The standard InChI is InChI=1S/C7H12OS.C6H10O2S.C2H4/c1-3-4-7(8)6(2)5-9;1-3-8-6(7)5(2)4-9;1-2/h5,9H,3-4H2,1-2H3;4,9H,3H2,1-2H3;1-2H2/b6-5+;5-4+;. The number of ether oxygens (including phenoxy) is 1. The minimum Gasteiger partial charge on any atom is -0.463 e. The molecule has 0 aliphatic carbocycles. The van der Waals surface area contributed by atoms with Gasteiger partial charge in [0.1, 0.15) is 0 Å². The summed E-state index contributed by atoms with van der Waals surface area (Å²) in [5.74, 6) is -0.0972. The number of carbonyl (C=O) groups is 2. The first-order chi connectivity index (χ1) is 9.44. The minimum absolute atomic E-state index is 0.201. The monoisotopic (exact) mass is 318 g/mol. The van der Waals surface area contributed by atoms with E-state index in [9.17, 15) is 9.59 Å². The lowest BCUT2D eigenvalue weighted by molar-refractivity contribution is -0.138. The summed E-state index contributed by atoms with van der Waals surface area (Å²) in [5.41, 5.74) is 1.28. The van der Waals surface area contributed by atoms with Crippen molar-refractivity contribution in [3.8, 4) is 0 Å². The molecule has 0 aromatic carbocycles. The number of rotatable bonds is 5. The third-order valence-corrected chi connectivity index (χ3v) is 2.68. The maximum atomic E-state index is 10.9. The van der Waals surface area contributed by atoms with Gasteiger partial charge in [-0.25, -0.2) is 4.79 Å². The van der Waals surface area contributed by atoms with Gasteiger partial charge in [0, 0.05) is 12.0 Å². The van der Waals surface area contributed by atoms with Gasteiger partial charge in [0.15, 0.2) is 5.78 Å². The Morgan fingerprint density at radius 2 is 1.50 bits per heavy atom. The molecule has 0 unspecified atom stereocenters. The minimum atomic E-state index is -0.299. The largest absolute Gasteiger partial charge is 0.463 e. The molecular formula is C15H26O3S2. The van der Waals surface area contributed by atoms with Crippen molar-refractivity contribution in [1.82, 2.24) is 0 Å². The van der Waals surface area contributed by atoms with E-state index in [4.69, 9.17) is 0 Å². The highest BCUT2D eigenvalue weighted by molar-refractivity contribution is 7.83. The molecule has 116 valence electrons. The normalized spacial score (nSPS) is 10.5. The first kappa shape index (κ1) is 24.1. The van der Waals surface area contributed by atoms with E-state index in [-0.39, 0.29) is 11.8 Å². The Morgan fingerprint density at radius 3 is 1.80 bits per heavy atom. The van der Waals surface area contributed by atoms with Crippen LogP contribution < -0.4 is 0 Å². The molecule has 0 N–H and O–H groups in total. The van der Waals surface area contributed by atoms with Crippen LogP contribution >= 0.6 is 25.3 Å². The Labute approximate surface area is 134 Å². The molecule has 3 nitrogen and oxygen atoms in total. The van der Waals surface area contributed by atoms with Crippen molar-refractivity contribution in [2.45, 2.75) is 40.5 Å². The highest BCUT2D eigenvalue weighted by Crippen LogP contribution is 2.01. The molecule has 0 heterocycles. The van der Waals surface area contributed by atoms with Crippen LogP contribution in [-0.2, 0) is 14.3 Å². The summed E-state index contributed by atoms with van der Waals surface area (Å²) >= 11 is 7.65. The summed E-state index contributed by atoms with van der Waals surface area (Å²) in [6, 6.07) is 0. The van der Waals surface area contributed by atoms with Crippen LogP contribution in [0.1, 0.15) is 40.5 Å². The number of hydrogen-bond acceptors (Lipinski definition) is 5. The van der Waals surface area contributed by atoms with Crippen LogP contribution in [0, 0.1) is 0 Å². The van der Waals surface area contributed by atoms with E-state index in [1.54, 1.807) is 26.2 Å². The number of allylic oxidation sites excluding steroid dienone is 1. The first-order valence-corrected chi connectivity index (χ1v) is 7.30. The highest BCUT2D eigenvalue weighted by atomic mass is 32.1. The average Bonchev–Trinajstić information content (AvgIpc) is 2.48. The van der Waals surface area contributed by atoms with Crippen molar-refractivity contribution in [3.63, 3.8) is 0 Å². The topological polar surface area (TPSA) is 43.4 Å². The average molecular weight is 319 g/mol. The Bertz CT molecular complexity index is 302. The van der Waals surface area contributed by atoms with Gasteiger partial charge in [-0.2, -0.15) is 25.3 Å². The van der Waals surface area contributed by atoms with Crippen molar-refractivity contribution in [2.24, 2.45) is 0 Å². The molecule has 0 amide bonds. The highest BCUT2D eigenvalue weighted by Gasteiger charge is 2.01. The van der Waals surface area contributed by atoms with Crippen LogP contribution in [0.15, 0.2) is 35.1 Å². The van der Waals surface area contributed by atoms with Gasteiger partial charge >= 0.3 is 5.97 Å². The van der Waals surface area contributed by atoms with Gasteiger partial charge in [-0.05, 0) is 43.6 Å². The van der Waals surface area contributed by atoms with Crippen LogP contribution in [0.5, 0.6) is 0 Å². The summed E-state index contributed by atoms with van der Waals surface area (Å²) in [5, 5.41) is 2.98.